The van der Waals surface area contributed by atoms with Gasteiger partial charge in [-0.1, -0.05) is 26.0 Å². The lowest BCUT2D eigenvalue weighted by atomic mass is 10.0. The molecule has 0 aromatic rings. The maximum Gasteiger partial charge on any atom is 0.251 e. The first-order valence-electron chi connectivity index (χ1n) is 5.06. The molecule has 1 aliphatic heterocycles. The molecule has 2 atom stereocenters. The summed E-state index contributed by atoms with van der Waals surface area (Å²) in [6.07, 6.45) is 5.67. The van der Waals surface area contributed by atoms with E-state index in [0.29, 0.717) is 5.92 Å². The lowest BCUT2D eigenvalue weighted by Gasteiger charge is -2.01. The summed E-state index contributed by atoms with van der Waals surface area (Å²) < 4.78 is 0. The number of hydrogen-bond acceptors (Lipinski definition) is 1. The molecular weight excluding hydrogens is 162 g/mol. The Balaban J connectivity index is 0.000000308. The van der Waals surface area contributed by atoms with E-state index >= 15 is 0 Å². The summed E-state index contributed by atoms with van der Waals surface area (Å²) in [5.41, 5.74) is 2.18. The maximum absolute atomic E-state index is 11.2. The molecule has 0 radical (unpaired) electrons. The predicted octanol–water partition coefficient (Wildman–Crippen LogP) is 1.64. The zero-order valence-electron chi connectivity index (χ0n) is 8.13. The molecule has 70 valence electrons. The molecule has 3 rings (SSSR count). The highest BCUT2D eigenvalue weighted by molar-refractivity contribution is 6.01. The zero-order valence-corrected chi connectivity index (χ0v) is 8.13. The Labute approximate surface area is 78.7 Å². The zero-order chi connectivity index (χ0) is 9.42. The largest absolute Gasteiger partial charge is 0.348 e. The van der Waals surface area contributed by atoms with Gasteiger partial charge in [0.05, 0.1) is 0 Å². The third-order valence-electron chi connectivity index (χ3n) is 2.72. The lowest BCUT2D eigenvalue weighted by Crippen LogP contribution is -2.14. The molecule has 2 fully saturated rings. The summed E-state index contributed by atoms with van der Waals surface area (Å²) >= 11 is 0. The Morgan fingerprint density at radius 3 is 2.77 bits per heavy atom. The number of carbonyl (C=O) groups excluding carboxylic acids is 1. The van der Waals surface area contributed by atoms with Gasteiger partial charge in [-0.3, -0.25) is 4.79 Å². The van der Waals surface area contributed by atoms with Crippen LogP contribution in [0.15, 0.2) is 23.3 Å². The summed E-state index contributed by atoms with van der Waals surface area (Å²) in [6.45, 7) is 4.76. The monoisotopic (exact) mass is 177 g/mol. The van der Waals surface area contributed by atoms with Crippen molar-refractivity contribution < 1.29 is 4.79 Å². The molecule has 0 spiro atoms. The number of fused-ring (bicyclic) bond motifs is 2. The summed E-state index contributed by atoms with van der Waals surface area (Å²) in [6, 6.07) is 0. The van der Waals surface area contributed by atoms with Crippen LogP contribution in [0, 0.1) is 11.8 Å². The molecule has 0 bridgehead atoms. The highest BCUT2D eigenvalue weighted by Gasteiger charge is 2.40. The predicted molar refractivity (Wildman–Crippen MR) is 52.1 cm³/mol. The summed E-state index contributed by atoms with van der Waals surface area (Å²) in [4.78, 5) is 11.2. The van der Waals surface area contributed by atoms with Gasteiger partial charge < -0.3 is 5.32 Å². The first-order valence-corrected chi connectivity index (χ1v) is 5.06. The van der Waals surface area contributed by atoms with E-state index in [1.807, 2.05) is 13.8 Å². The Morgan fingerprint density at radius 2 is 2.00 bits per heavy atom. The van der Waals surface area contributed by atoms with Crippen molar-refractivity contribution >= 4 is 5.91 Å². The molecule has 1 heterocycles. The Morgan fingerprint density at radius 1 is 1.31 bits per heavy atom. The van der Waals surface area contributed by atoms with Crippen LogP contribution in [-0.4, -0.2) is 12.5 Å². The van der Waals surface area contributed by atoms with Crippen LogP contribution in [0.1, 0.15) is 20.3 Å². The first kappa shape index (κ1) is 8.54. The van der Waals surface area contributed by atoms with Crippen molar-refractivity contribution in [3.05, 3.63) is 23.3 Å². The average Bonchev–Trinajstić information content (AvgIpc) is 2.85. The number of carbonyl (C=O) groups is 1. The smallest absolute Gasteiger partial charge is 0.251 e. The van der Waals surface area contributed by atoms with Crippen molar-refractivity contribution in [1.82, 2.24) is 5.32 Å². The van der Waals surface area contributed by atoms with E-state index in [9.17, 15) is 4.79 Å². The third kappa shape index (κ3) is 1.30. The molecule has 3 aliphatic rings. The highest BCUT2D eigenvalue weighted by Crippen LogP contribution is 2.46. The third-order valence-corrected chi connectivity index (χ3v) is 2.72. The second-order valence-corrected chi connectivity index (χ2v) is 3.52. The molecule has 2 unspecified atom stereocenters. The van der Waals surface area contributed by atoms with Crippen LogP contribution in [0.25, 0.3) is 0 Å². The van der Waals surface area contributed by atoms with Crippen LogP contribution < -0.4 is 5.32 Å². The van der Waals surface area contributed by atoms with Crippen molar-refractivity contribution in [2.45, 2.75) is 20.3 Å². The molecule has 2 heteroatoms. The van der Waals surface area contributed by atoms with E-state index in [4.69, 9.17) is 0 Å². The normalized spacial score (nSPS) is 32.9. The summed E-state index contributed by atoms with van der Waals surface area (Å²) in [5.74, 6) is 1.58. The molecule has 2 nitrogen and oxygen atoms in total. The van der Waals surface area contributed by atoms with Crippen molar-refractivity contribution in [1.29, 1.82) is 0 Å². The standard InChI is InChI=1S/C9H9NO.C2H6/c11-9-8-3-6-1-5(6)2-7(8)4-10-9;1-2/h2-3,5-6H,1,4H2,(H,10,11);1-2H3. The van der Waals surface area contributed by atoms with E-state index < -0.39 is 0 Å². The van der Waals surface area contributed by atoms with Crippen LogP contribution in [0.5, 0.6) is 0 Å². The lowest BCUT2D eigenvalue weighted by molar-refractivity contribution is -0.116. The minimum absolute atomic E-state index is 0.126. The van der Waals surface area contributed by atoms with Gasteiger partial charge in [-0.15, -0.1) is 0 Å². The second kappa shape index (κ2) is 3.02. The van der Waals surface area contributed by atoms with Crippen molar-refractivity contribution in [3.8, 4) is 0 Å². The minimum Gasteiger partial charge on any atom is -0.348 e. The van der Waals surface area contributed by atoms with Gasteiger partial charge >= 0.3 is 0 Å². The average molecular weight is 177 g/mol. The van der Waals surface area contributed by atoms with Gasteiger partial charge in [0.2, 0.25) is 0 Å². The van der Waals surface area contributed by atoms with Crippen LogP contribution >= 0.6 is 0 Å². The highest BCUT2D eigenvalue weighted by atomic mass is 16.2. The second-order valence-electron chi connectivity index (χ2n) is 3.52. The number of hydrogen-bond donors (Lipinski definition) is 1. The van der Waals surface area contributed by atoms with E-state index in [1.54, 1.807) is 0 Å². The van der Waals surface area contributed by atoms with Gasteiger partial charge in [0.25, 0.3) is 5.91 Å². The van der Waals surface area contributed by atoms with Gasteiger partial charge in [-0.05, 0) is 23.8 Å². The Kier molecular flexibility index (Phi) is 1.98. The van der Waals surface area contributed by atoms with Gasteiger partial charge in [-0.25, -0.2) is 0 Å². The quantitative estimate of drug-likeness (QED) is 0.599. The maximum atomic E-state index is 11.2. The van der Waals surface area contributed by atoms with Gasteiger partial charge in [-0.2, -0.15) is 0 Å². The van der Waals surface area contributed by atoms with E-state index in [1.165, 1.54) is 12.0 Å². The van der Waals surface area contributed by atoms with Crippen LogP contribution in [-0.2, 0) is 4.79 Å². The van der Waals surface area contributed by atoms with Gasteiger partial charge in [0.15, 0.2) is 0 Å². The fourth-order valence-corrected chi connectivity index (χ4v) is 1.93. The Hall–Kier alpha value is -1.05. The molecule has 1 saturated carbocycles. The Bertz CT molecular complexity index is 301. The van der Waals surface area contributed by atoms with Crippen molar-refractivity contribution in [2.24, 2.45) is 11.8 Å². The topological polar surface area (TPSA) is 29.1 Å². The fourth-order valence-electron chi connectivity index (χ4n) is 1.93. The summed E-state index contributed by atoms with van der Waals surface area (Å²) in [5, 5.41) is 2.83. The molecular formula is C11H15NO. The van der Waals surface area contributed by atoms with Crippen LogP contribution in [0.4, 0.5) is 0 Å². The van der Waals surface area contributed by atoms with Crippen LogP contribution in [0.3, 0.4) is 0 Å². The molecule has 1 N–H and O–H groups in total. The van der Waals surface area contributed by atoms with Crippen LogP contribution in [0.2, 0.25) is 0 Å². The van der Waals surface area contributed by atoms with Gasteiger partial charge in [0, 0.05) is 12.1 Å². The molecule has 2 aliphatic carbocycles. The molecule has 1 saturated heterocycles. The number of amides is 1. The number of nitrogens with one attached hydrogen (secondary N) is 1. The van der Waals surface area contributed by atoms with E-state index in [-0.39, 0.29) is 5.91 Å². The number of allylic oxidation sites excluding steroid dienone is 2. The fraction of sp³-hybridized carbons (Fsp3) is 0.545. The summed E-state index contributed by atoms with van der Waals surface area (Å²) in [7, 11) is 0. The molecule has 0 aromatic heterocycles. The van der Waals surface area contributed by atoms with E-state index in [2.05, 4.69) is 17.5 Å². The molecule has 0 aromatic carbocycles. The first-order chi connectivity index (χ1) is 6.34. The number of rotatable bonds is 0. The van der Waals surface area contributed by atoms with Crippen molar-refractivity contribution in [3.63, 3.8) is 0 Å². The minimum atomic E-state index is 0.126. The molecule has 1 amide bonds. The van der Waals surface area contributed by atoms with Gasteiger partial charge in [0.1, 0.15) is 0 Å². The van der Waals surface area contributed by atoms with E-state index in [0.717, 1.165) is 18.0 Å². The SMILES string of the molecule is CC.O=C1NCC2=CC3CC3C=C12. The molecule has 13 heavy (non-hydrogen) atoms. The van der Waals surface area contributed by atoms with Crippen molar-refractivity contribution in [2.75, 3.05) is 6.54 Å².